The van der Waals surface area contributed by atoms with Gasteiger partial charge in [0.15, 0.2) is 5.78 Å². The van der Waals surface area contributed by atoms with Gasteiger partial charge in [0.1, 0.15) is 15.7 Å². The SMILES string of the molecule is CS(=O)(=O)CCC(N)C(=O)c1ccc(F)cc1. The molecule has 0 fully saturated rings. The van der Waals surface area contributed by atoms with Gasteiger partial charge in [-0.2, -0.15) is 0 Å². The highest BCUT2D eigenvalue weighted by Crippen LogP contribution is 2.07. The summed E-state index contributed by atoms with van der Waals surface area (Å²) < 4.78 is 34.5. The molecule has 17 heavy (non-hydrogen) atoms. The van der Waals surface area contributed by atoms with E-state index in [1.807, 2.05) is 0 Å². The van der Waals surface area contributed by atoms with Crippen molar-refractivity contribution in [2.45, 2.75) is 12.5 Å². The first-order chi connectivity index (χ1) is 7.79. The number of benzene rings is 1. The molecular formula is C11H14FNO3S. The van der Waals surface area contributed by atoms with Crippen molar-refractivity contribution in [2.24, 2.45) is 5.73 Å². The van der Waals surface area contributed by atoms with Crippen molar-refractivity contribution in [3.05, 3.63) is 35.6 Å². The summed E-state index contributed by atoms with van der Waals surface area (Å²) in [6.45, 7) is 0. The van der Waals surface area contributed by atoms with E-state index < -0.39 is 21.7 Å². The monoisotopic (exact) mass is 259 g/mol. The molecular weight excluding hydrogens is 245 g/mol. The van der Waals surface area contributed by atoms with E-state index in [0.29, 0.717) is 0 Å². The third-order valence-electron chi connectivity index (χ3n) is 2.27. The molecule has 0 saturated carbocycles. The molecule has 0 aromatic heterocycles. The Morgan fingerprint density at radius 1 is 1.35 bits per heavy atom. The second-order valence-electron chi connectivity index (χ2n) is 3.90. The predicted molar refractivity (Wildman–Crippen MR) is 63.0 cm³/mol. The quantitative estimate of drug-likeness (QED) is 0.792. The Hall–Kier alpha value is -1.27. The van der Waals surface area contributed by atoms with Crippen LogP contribution in [0, 0.1) is 5.82 Å². The Morgan fingerprint density at radius 2 is 1.88 bits per heavy atom. The number of hydrogen-bond acceptors (Lipinski definition) is 4. The number of carbonyl (C=O) groups excluding carboxylic acids is 1. The van der Waals surface area contributed by atoms with Crippen LogP contribution in [0.1, 0.15) is 16.8 Å². The maximum atomic E-state index is 12.6. The lowest BCUT2D eigenvalue weighted by molar-refractivity contribution is 0.0960. The Bertz CT molecular complexity index is 496. The van der Waals surface area contributed by atoms with E-state index in [0.717, 1.165) is 18.4 Å². The van der Waals surface area contributed by atoms with Crippen LogP contribution in [0.2, 0.25) is 0 Å². The molecule has 0 aliphatic heterocycles. The molecule has 6 heteroatoms. The molecule has 2 N–H and O–H groups in total. The number of ketones is 1. The zero-order valence-electron chi connectivity index (χ0n) is 9.39. The maximum Gasteiger partial charge on any atom is 0.179 e. The number of rotatable bonds is 5. The lowest BCUT2D eigenvalue weighted by Gasteiger charge is -2.09. The van der Waals surface area contributed by atoms with Gasteiger partial charge in [0.05, 0.1) is 11.8 Å². The lowest BCUT2D eigenvalue weighted by atomic mass is 10.0. The van der Waals surface area contributed by atoms with Gasteiger partial charge in [0.2, 0.25) is 0 Å². The van der Waals surface area contributed by atoms with Crippen LogP contribution in [-0.4, -0.2) is 32.3 Å². The highest BCUT2D eigenvalue weighted by molar-refractivity contribution is 7.90. The number of nitrogens with two attached hydrogens (primary N) is 1. The number of hydrogen-bond donors (Lipinski definition) is 1. The van der Waals surface area contributed by atoms with Crippen molar-refractivity contribution < 1.29 is 17.6 Å². The summed E-state index contributed by atoms with van der Waals surface area (Å²) in [5.41, 5.74) is 5.87. The molecule has 0 bridgehead atoms. The molecule has 0 aliphatic carbocycles. The molecule has 0 aliphatic rings. The zero-order valence-corrected chi connectivity index (χ0v) is 10.2. The van der Waals surface area contributed by atoms with Crippen molar-refractivity contribution in [3.8, 4) is 0 Å². The van der Waals surface area contributed by atoms with Gasteiger partial charge in [0, 0.05) is 11.8 Å². The average Bonchev–Trinajstić information content (AvgIpc) is 2.25. The Morgan fingerprint density at radius 3 is 2.35 bits per heavy atom. The first-order valence-corrected chi connectivity index (χ1v) is 7.09. The van der Waals surface area contributed by atoms with Crippen LogP contribution in [0.5, 0.6) is 0 Å². The first kappa shape index (κ1) is 13.8. The van der Waals surface area contributed by atoms with Crippen LogP contribution in [0.3, 0.4) is 0 Å². The summed E-state index contributed by atoms with van der Waals surface area (Å²) in [5, 5.41) is 0. The molecule has 1 unspecified atom stereocenters. The number of carbonyl (C=O) groups is 1. The molecule has 0 spiro atoms. The Labute approximate surface area is 99.5 Å². The van der Waals surface area contributed by atoms with Crippen LogP contribution < -0.4 is 5.73 Å². The van der Waals surface area contributed by atoms with Gasteiger partial charge in [0.25, 0.3) is 0 Å². The van der Waals surface area contributed by atoms with Crippen molar-refractivity contribution in [1.29, 1.82) is 0 Å². The molecule has 0 saturated heterocycles. The highest BCUT2D eigenvalue weighted by Gasteiger charge is 2.17. The molecule has 94 valence electrons. The van der Waals surface area contributed by atoms with Gasteiger partial charge in [-0.15, -0.1) is 0 Å². The molecule has 1 rings (SSSR count). The Balaban J connectivity index is 2.67. The van der Waals surface area contributed by atoms with Crippen LogP contribution in [0.4, 0.5) is 4.39 Å². The van der Waals surface area contributed by atoms with Gasteiger partial charge in [-0.25, -0.2) is 12.8 Å². The molecule has 0 heterocycles. The van der Waals surface area contributed by atoms with E-state index >= 15 is 0 Å². The maximum absolute atomic E-state index is 12.6. The van der Waals surface area contributed by atoms with E-state index in [9.17, 15) is 17.6 Å². The standard InChI is InChI=1S/C11H14FNO3S/c1-17(15,16)7-6-10(13)11(14)8-2-4-9(12)5-3-8/h2-5,10H,6-7,13H2,1H3. The average molecular weight is 259 g/mol. The minimum Gasteiger partial charge on any atom is -0.321 e. The van der Waals surface area contributed by atoms with Crippen LogP contribution in [0.25, 0.3) is 0 Å². The number of sulfone groups is 1. The van der Waals surface area contributed by atoms with Crippen LogP contribution in [0.15, 0.2) is 24.3 Å². The highest BCUT2D eigenvalue weighted by atomic mass is 32.2. The van der Waals surface area contributed by atoms with E-state index in [2.05, 4.69) is 0 Å². The number of halogens is 1. The third kappa shape index (κ3) is 4.62. The third-order valence-corrected chi connectivity index (χ3v) is 3.24. The van der Waals surface area contributed by atoms with Crippen molar-refractivity contribution in [2.75, 3.05) is 12.0 Å². The van der Waals surface area contributed by atoms with Gasteiger partial charge < -0.3 is 5.73 Å². The fourth-order valence-electron chi connectivity index (χ4n) is 1.30. The lowest BCUT2D eigenvalue weighted by Crippen LogP contribution is -2.32. The zero-order chi connectivity index (χ0) is 13.1. The van der Waals surface area contributed by atoms with Crippen molar-refractivity contribution in [3.63, 3.8) is 0 Å². The van der Waals surface area contributed by atoms with Gasteiger partial charge in [-0.3, -0.25) is 4.79 Å². The summed E-state index contributed by atoms with van der Waals surface area (Å²) in [5.74, 6) is -0.957. The van der Waals surface area contributed by atoms with Crippen molar-refractivity contribution >= 4 is 15.6 Å². The van der Waals surface area contributed by atoms with E-state index in [-0.39, 0.29) is 23.5 Å². The molecule has 1 aromatic rings. The Kier molecular flexibility index (Phi) is 4.36. The van der Waals surface area contributed by atoms with Crippen molar-refractivity contribution in [1.82, 2.24) is 0 Å². The van der Waals surface area contributed by atoms with Gasteiger partial charge in [-0.05, 0) is 30.7 Å². The molecule has 1 aromatic carbocycles. The summed E-state index contributed by atoms with van der Waals surface area (Å²) >= 11 is 0. The fourth-order valence-corrected chi connectivity index (χ4v) is 1.98. The largest absolute Gasteiger partial charge is 0.321 e. The normalized spacial score (nSPS) is 13.4. The molecule has 0 radical (unpaired) electrons. The summed E-state index contributed by atoms with van der Waals surface area (Å²) in [7, 11) is -3.13. The van der Waals surface area contributed by atoms with Crippen LogP contribution in [-0.2, 0) is 9.84 Å². The summed E-state index contributed by atoms with van der Waals surface area (Å²) in [6, 6.07) is 4.11. The van der Waals surface area contributed by atoms with E-state index in [1.165, 1.54) is 12.1 Å². The first-order valence-electron chi connectivity index (χ1n) is 5.02. The number of Topliss-reactive ketones (excluding diaryl/α,β-unsaturated/α-hetero) is 1. The fraction of sp³-hybridized carbons (Fsp3) is 0.364. The summed E-state index contributed by atoms with van der Waals surface area (Å²) in [4.78, 5) is 11.7. The molecule has 0 amide bonds. The molecule has 4 nitrogen and oxygen atoms in total. The summed E-state index contributed by atoms with van der Waals surface area (Å²) in [6.07, 6.45) is 1.15. The van der Waals surface area contributed by atoms with Gasteiger partial charge >= 0.3 is 0 Å². The topological polar surface area (TPSA) is 77.2 Å². The van der Waals surface area contributed by atoms with E-state index in [4.69, 9.17) is 5.73 Å². The second-order valence-corrected chi connectivity index (χ2v) is 6.16. The second kappa shape index (κ2) is 5.37. The minimum atomic E-state index is -3.13. The minimum absolute atomic E-state index is 0.0645. The predicted octanol–water partition coefficient (Wildman–Crippen LogP) is 0.770. The molecule has 1 atom stereocenters. The smallest absolute Gasteiger partial charge is 0.179 e. The van der Waals surface area contributed by atoms with Crippen LogP contribution >= 0.6 is 0 Å². The van der Waals surface area contributed by atoms with Gasteiger partial charge in [-0.1, -0.05) is 0 Å². The van der Waals surface area contributed by atoms with E-state index in [1.54, 1.807) is 0 Å².